The van der Waals surface area contributed by atoms with Gasteiger partial charge in [-0.2, -0.15) is 0 Å². The van der Waals surface area contributed by atoms with Gasteiger partial charge in [-0.25, -0.2) is 4.79 Å². The molecule has 4 aliphatic heterocycles. The van der Waals surface area contributed by atoms with Crippen molar-refractivity contribution in [2.45, 2.75) is 341 Å². The number of carbonyl (C=O) groups excluding carboxylic acids is 3. The number of unbranched alkanes of at least 4 members (excludes halogenated alkanes) is 23. The van der Waals surface area contributed by atoms with Crippen LogP contribution in [0.25, 0.3) is 0 Å². The minimum absolute atomic E-state index is 0.153. The lowest BCUT2D eigenvalue weighted by molar-refractivity contribution is -0.379. The number of carboxylic acids is 1. The maximum Gasteiger partial charge on any atom is 0.338 e. The lowest BCUT2D eigenvalue weighted by Crippen LogP contribution is -2.74. The van der Waals surface area contributed by atoms with Gasteiger partial charge in [-0.3, -0.25) is 14.4 Å². The van der Waals surface area contributed by atoms with Gasteiger partial charge in [0, 0.05) is 32.6 Å². The smallest absolute Gasteiger partial charge is 0.338 e. The Morgan fingerprint density at radius 2 is 1.03 bits per heavy atom. The summed E-state index contributed by atoms with van der Waals surface area (Å²) in [6, 6.07) is -4.61. The van der Waals surface area contributed by atoms with Crippen LogP contribution in [-0.4, -0.2) is 274 Å². The molecule has 0 aromatic rings. The van der Waals surface area contributed by atoms with Gasteiger partial charge >= 0.3 is 5.97 Å². The number of aliphatic hydroxyl groups excluding tert-OH is 14. The highest BCUT2D eigenvalue weighted by atomic mass is 16.8. The zero-order chi connectivity index (χ0) is 70.2. The SMILES string of the molecule is CCCCCCCCCCCCC/C=C/[C@H](O)[C@@H](CO[C@@H]1O[C@H](CO)[C@@H](O[C@@H]2O[C@H](CO)[C@H](O[C@@H]3O[C@H](CO)[C@H](O)[C@H](O)[C@H]3NC(C)=O)[C@H](C(O)[C@]3(C(=O)O)C[C@H](O)[C@@H](NC(C)=O)C(C(O)C(O)CO)O3)[C@H]2O)[C@H](O)[C@H]1O)NC(=O)CCCCCCCCCCCCCCC. The summed E-state index contributed by atoms with van der Waals surface area (Å²) in [6.07, 6.45) is -8.66. The Hall–Kier alpha value is -3.22. The first-order chi connectivity index (χ1) is 45.5. The highest BCUT2D eigenvalue weighted by Crippen LogP contribution is 2.44. The van der Waals surface area contributed by atoms with Crippen molar-refractivity contribution < 1.29 is 129 Å². The molecule has 0 saturated carbocycles. The molecule has 4 heterocycles. The normalized spacial score (nSPS) is 32.9. The number of nitrogens with one attached hydrogen (secondary N) is 3. The van der Waals surface area contributed by atoms with Gasteiger partial charge in [-0.15, -0.1) is 0 Å². The first-order valence-corrected chi connectivity index (χ1v) is 35.0. The molecule has 4 rings (SSSR count). The summed E-state index contributed by atoms with van der Waals surface area (Å²) in [5.74, 6) is -6.49. The predicted molar refractivity (Wildman–Crippen MR) is 341 cm³/mol. The first-order valence-electron chi connectivity index (χ1n) is 35.0. The van der Waals surface area contributed by atoms with Gasteiger partial charge in [0.1, 0.15) is 85.4 Å². The molecule has 554 valence electrons. The Morgan fingerprint density at radius 3 is 1.54 bits per heavy atom. The molecule has 4 aliphatic rings. The van der Waals surface area contributed by atoms with E-state index in [0.717, 1.165) is 65.2 Å². The third-order valence-corrected chi connectivity index (χ3v) is 18.7. The van der Waals surface area contributed by atoms with E-state index in [0.29, 0.717) is 12.8 Å². The van der Waals surface area contributed by atoms with Crippen molar-refractivity contribution in [1.29, 1.82) is 0 Å². The number of hydrogen-bond donors (Lipinski definition) is 18. The Kier molecular flexibility index (Phi) is 39.7. The fourth-order valence-electron chi connectivity index (χ4n) is 13.1. The molecular weight excluding hydrogens is 1250 g/mol. The molecule has 24 atom stereocenters. The molecule has 4 fully saturated rings. The summed E-state index contributed by atoms with van der Waals surface area (Å²) in [5, 5.41) is 176. The molecule has 0 bridgehead atoms. The summed E-state index contributed by atoms with van der Waals surface area (Å²) in [5.41, 5.74) is -3.26. The van der Waals surface area contributed by atoms with Crippen LogP contribution in [0.1, 0.15) is 201 Å². The monoisotopic (exact) mass is 1370 g/mol. The van der Waals surface area contributed by atoms with E-state index in [1.807, 2.05) is 6.08 Å². The summed E-state index contributed by atoms with van der Waals surface area (Å²) < 4.78 is 41.9. The predicted octanol–water partition coefficient (Wildman–Crippen LogP) is -0.0124. The van der Waals surface area contributed by atoms with Crippen molar-refractivity contribution in [3.05, 3.63) is 12.2 Å². The average Bonchev–Trinajstić information content (AvgIpc) is 0.739. The minimum Gasteiger partial charge on any atom is -0.479 e. The van der Waals surface area contributed by atoms with Crippen molar-refractivity contribution in [3.8, 4) is 0 Å². The molecule has 0 aromatic heterocycles. The van der Waals surface area contributed by atoms with Crippen LogP contribution < -0.4 is 16.0 Å². The summed E-state index contributed by atoms with van der Waals surface area (Å²) >= 11 is 0. The largest absolute Gasteiger partial charge is 0.479 e. The van der Waals surface area contributed by atoms with E-state index in [-0.39, 0.29) is 12.3 Å². The second-order valence-corrected chi connectivity index (χ2v) is 26.3. The van der Waals surface area contributed by atoms with Gasteiger partial charge in [0.2, 0.25) is 17.7 Å². The van der Waals surface area contributed by atoms with Crippen LogP contribution >= 0.6 is 0 Å². The fraction of sp³-hybridized carbons (Fsp3) is 0.909. The Labute approximate surface area is 559 Å². The Morgan fingerprint density at radius 1 is 0.558 bits per heavy atom. The zero-order valence-corrected chi connectivity index (χ0v) is 56.3. The molecule has 4 saturated heterocycles. The lowest BCUT2D eigenvalue weighted by Gasteiger charge is -2.54. The lowest BCUT2D eigenvalue weighted by atomic mass is 9.72. The van der Waals surface area contributed by atoms with Crippen LogP contribution in [0.15, 0.2) is 12.2 Å². The van der Waals surface area contributed by atoms with Crippen LogP contribution in [-0.2, 0) is 52.3 Å². The Bertz CT molecular complexity index is 2180. The molecule has 0 radical (unpaired) electrons. The maximum atomic E-state index is 13.7. The second-order valence-electron chi connectivity index (χ2n) is 26.3. The molecule has 0 aliphatic carbocycles. The van der Waals surface area contributed by atoms with Gasteiger partial charge in [0.25, 0.3) is 0 Å². The van der Waals surface area contributed by atoms with Gasteiger partial charge in [-0.05, 0) is 19.3 Å². The number of aliphatic carboxylic acids is 1. The number of carboxylic acid groups (broad SMARTS) is 1. The van der Waals surface area contributed by atoms with Crippen molar-refractivity contribution in [3.63, 3.8) is 0 Å². The highest BCUT2D eigenvalue weighted by molar-refractivity contribution is 5.79. The summed E-state index contributed by atoms with van der Waals surface area (Å²) in [7, 11) is 0. The number of ether oxygens (including phenoxy) is 7. The van der Waals surface area contributed by atoms with Crippen molar-refractivity contribution >= 4 is 23.7 Å². The topological polar surface area (TPSA) is 472 Å². The zero-order valence-electron chi connectivity index (χ0n) is 56.3. The van der Waals surface area contributed by atoms with Crippen molar-refractivity contribution in [1.82, 2.24) is 16.0 Å². The summed E-state index contributed by atoms with van der Waals surface area (Å²) in [4.78, 5) is 52.1. The van der Waals surface area contributed by atoms with Crippen LogP contribution in [0.4, 0.5) is 0 Å². The van der Waals surface area contributed by atoms with Gasteiger partial charge < -0.3 is 126 Å². The number of carbonyl (C=O) groups is 4. The van der Waals surface area contributed by atoms with Crippen LogP contribution in [0, 0.1) is 5.92 Å². The fourth-order valence-corrected chi connectivity index (χ4v) is 13.1. The molecule has 0 aromatic carbocycles. The third-order valence-electron chi connectivity index (χ3n) is 18.7. The average molecular weight is 1370 g/mol. The molecule has 18 N–H and O–H groups in total. The van der Waals surface area contributed by atoms with E-state index in [9.17, 15) is 95.8 Å². The number of allylic oxidation sites excluding steroid dienone is 1. The van der Waals surface area contributed by atoms with Crippen molar-refractivity contribution in [2.24, 2.45) is 5.92 Å². The van der Waals surface area contributed by atoms with E-state index in [4.69, 9.17) is 33.2 Å². The van der Waals surface area contributed by atoms with Crippen molar-refractivity contribution in [2.75, 3.05) is 33.0 Å². The molecular formula is C66H119N3O26. The number of rotatable bonds is 47. The van der Waals surface area contributed by atoms with Gasteiger partial charge in [0.05, 0.1) is 63.4 Å². The van der Waals surface area contributed by atoms with Crippen LogP contribution in [0.3, 0.4) is 0 Å². The summed E-state index contributed by atoms with van der Waals surface area (Å²) in [6.45, 7) is 1.56. The molecule has 4 unspecified atom stereocenters. The molecule has 29 heteroatoms. The maximum absolute atomic E-state index is 13.7. The Balaban J connectivity index is 1.59. The number of aliphatic hydroxyl groups is 14. The minimum atomic E-state index is -3.26. The van der Waals surface area contributed by atoms with Gasteiger partial charge in [-0.1, -0.05) is 167 Å². The first kappa shape index (κ1) is 84.2. The second kappa shape index (κ2) is 44.8. The number of hydrogen-bond acceptors (Lipinski definition) is 25. The molecule has 95 heavy (non-hydrogen) atoms. The molecule has 3 amide bonds. The van der Waals surface area contributed by atoms with Crippen LogP contribution in [0.2, 0.25) is 0 Å². The van der Waals surface area contributed by atoms with E-state index < -0.39 is 203 Å². The number of amides is 3. The van der Waals surface area contributed by atoms with Gasteiger partial charge in [0.15, 0.2) is 24.5 Å². The van der Waals surface area contributed by atoms with E-state index in [1.165, 1.54) is 96.3 Å². The standard InChI is InChI=1S/C66H119N3O26/c1-5-7-9-11-13-15-17-19-21-23-25-27-29-31-42(76)41(69-48(79)32-30-28-26-24-22-20-18-16-14-12-10-8-6-2)38-89-63-57(85)56(84)59(47(37-73)91-63)94-64-54(82)49(58(46(36-72)92-64)93-62-51(68-40(4)75)55(83)53(81)45(35-71)90-62)61(86)66(65(87)88)33-43(77)50(67-39(3)74)60(95-66)52(80)44(78)34-70/h29,31,41-47,49-64,70-73,76-78,80-86H,5-28,30,32-38H2,1-4H3,(H,67,74)(H,68,75)(H,69,79)(H,87,88)/b31-29+/t41-,42+,43+,44?,45-,46-,47-,49-,50-,51-,52?,53+,54-,55-,56-,57-,58+,59-,60?,61?,62+,63-,64+,66+/m1/s1. The molecule has 29 nitrogen and oxygen atoms in total. The van der Waals surface area contributed by atoms with Crippen LogP contribution in [0.5, 0.6) is 0 Å². The van der Waals surface area contributed by atoms with E-state index in [1.54, 1.807) is 6.08 Å². The molecule has 0 spiro atoms. The van der Waals surface area contributed by atoms with E-state index in [2.05, 4.69) is 29.8 Å². The third kappa shape index (κ3) is 26.0. The van der Waals surface area contributed by atoms with E-state index >= 15 is 0 Å². The quantitative estimate of drug-likeness (QED) is 0.0281. The highest BCUT2D eigenvalue weighted by Gasteiger charge is 2.65.